The van der Waals surface area contributed by atoms with Gasteiger partial charge >= 0.3 is 15.2 Å². The fraction of sp³-hybridized carbons (Fsp3) is 1.00. The molecule has 0 heterocycles. The van der Waals surface area contributed by atoms with Gasteiger partial charge in [-0.2, -0.15) is 0 Å². The van der Waals surface area contributed by atoms with Crippen LogP contribution in [0.3, 0.4) is 0 Å². The Hall–Kier alpha value is -0.220. The Kier molecular flexibility index (Phi) is 35.0. The lowest BCUT2D eigenvalue weighted by Gasteiger charge is -2.22. The highest BCUT2D eigenvalue weighted by Gasteiger charge is 2.25. The first-order valence-corrected chi connectivity index (χ1v) is 19.4. The molecule has 0 aliphatic carbocycles. The molecule has 0 aromatic rings. The van der Waals surface area contributed by atoms with Crippen molar-refractivity contribution in [3.8, 4) is 0 Å². The van der Waals surface area contributed by atoms with Gasteiger partial charge in [-0.25, -0.2) is 0 Å². The van der Waals surface area contributed by atoms with E-state index in [1.54, 1.807) is 7.11 Å². The molecule has 0 rings (SSSR count). The van der Waals surface area contributed by atoms with Crippen molar-refractivity contribution in [3.63, 3.8) is 0 Å². The van der Waals surface area contributed by atoms with Gasteiger partial charge in [0.1, 0.15) is 12.6 Å². The predicted octanol–water partition coefficient (Wildman–Crippen LogP) is -0.612. The Morgan fingerprint density at radius 1 is 0.354 bits per heavy atom. The molecule has 0 radical (unpaired) electrons. The lowest BCUT2D eigenvalue weighted by Crippen LogP contribution is -2.30. The quantitative estimate of drug-likeness (QED) is 0.0453. The van der Waals surface area contributed by atoms with Crippen molar-refractivity contribution in [3.05, 3.63) is 0 Å². The molecule has 0 spiro atoms. The van der Waals surface area contributed by atoms with E-state index in [9.17, 15) is 9.13 Å². The van der Waals surface area contributed by atoms with Crippen molar-refractivity contribution >= 4 is 15.2 Å². The summed E-state index contributed by atoms with van der Waals surface area (Å²) in [5.41, 5.74) is 0. The molecule has 0 aromatic heterocycles. The van der Waals surface area contributed by atoms with Gasteiger partial charge in [-0.05, 0) is 0 Å². The first kappa shape index (κ1) is 47.8. The molecule has 290 valence electrons. The van der Waals surface area contributed by atoms with E-state index in [2.05, 4.69) is 0 Å². The second-order valence-electron chi connectivity index (χ2n) is 9.74. The zero-order chi connectivity index (χ0) is 35.4. The Bertz CT molecular complexity index is 738. The summed E-state index contributed by atoms with van der Waals surface area (Å²) in [6.07, 6.45) is -1.53. The van der Waals surface area contributed by atoms with Crippen molar-refractivity contribution < 1.29 is 85.5 Å². The molecule has 0 saturated heterocycles. The average Bonchev–Trinajstić information content (AvgIpc) is 3.01. The normalized spacial score (nSPS) is 12.5. The van der Waals surface area contributed by atoms with E-state index in [4.69, 9.17) is 76.4 Å². The fourth-order valence-corrected chi connectivity index (χ4v) is 5.03. The SMILES string of the molecule is COCCOCCOCCOCCOCCOCCOCCOCCOCCOCCOCCOCCN(CP(=O)(O)O)CP(=O)(O)O. The number of methoxy groups -OCH3 is 1. The standard InChI is InChI=1S/C27H59NO18P2/c1-35-4-5-37-8-9-39-12-13-41-16-17-43-20-21-45-24-25-46-23-22-44-19-18-42-15-14-40-11-10-38-7-6-36-3-2-28(26-47(29,30)31)27-48(32,33)34/h2-27H2,1H3,(H2,29,30,31)(H2,32,33,34). The van der Waals surface area contributed by atoms with Crippen LogP contribution in [0.25, 0.3) is 0 Å². The largest absolute Gasteiger partial charge is 0.382 e. The Morgan fingerprint density at radius 2 is 0.542 bits per heavy atom. The van der Waals surface area contributed by atoms with E-state index in [1.807, 2.05) is 0 Å². The minimum absolute atomic E-state index is 0.0315. The van der Waals surface area contributed by atoms with E-state index in [-0.39, 0.29) is 26.4 Å². The molecule has 0 aromatic carbocycles. The zero-order valence-electron chi connectivity index (χ0n) is 28.2. The molecule has 0 fully saturated rings. The van der Waals surface area contributed by atoms with Crippen molar-refractivity contribution in [1.82, 2.24) is 4.90 Å². The van der Waals surface area contributed by atoms with Crippen LogP contribution >= 0.6 is 15.2 Å². The molecule has 21 heteroatoms. The van der Waals surface area contributed by atoms with Gasteiger partial charge in [0, 0.05) is 13.7 Å². The number of hydrogen-bond donors (Lipinski definition) is 4. The van der Waals surface area contributed by atoms with Crippen molar-refractivity contribution in [2.24, 2.45) is 0 Å². The number of nitrogens with zero attached hydrogens (tertiary/aromatic N) is 1. The summed E-state index contributed by atoms with van der Waals surface area (Å²) in [7, 11) is -7.28. The molecule has 0 amide bonds. The van der Waals surface area contributed by atoms with Gasteiger partial charge < -0.3 is 76.4 Å². The van der Waals surface area contributed by atoms with Gasteiger partial charge in [0.25, 0.3) is 0 Å². The van der Waals surface area contributed by atoms with Crippen LogP contribution in [-0.4, -0.2) is 203 Å². The Balaban J connectivity index is 3.24. The summed E-state index contributed by atoms with van der Waals surface area (Å²) in [6, 6.07) is 0. The third-order valence-corrected chi connectivity index (χ3v) is 7.01. The van der Waals surface area contributed by atoms with Crippen LogP contribution in [-0.2, 0) is 66.0 Å². The molecule has 48 heavy (non-hydrogen) atoms. The van der Waals surface area contributed by atoms with Gasteiger partial charge in [-0.15, -0.1) is 0 Å². The molecule has 0 unspecified atom stereocenters. The van der Waals surface area contributed by atoms with Crippen LogP contribution in [0.1, 0.15) is 0 Å². The first-order valence-electron chi connectivity index (χ1n) is 15.8. The van der Waals surface area contributed by atoms with Crippen molar-refractivity contribution in [2.75, 3.05) is 178 Å². The molecule has 0 bridgehead atoms. The summed E-state index contributed by atoms with van der Waals surface area (Å²) in [5, 5.41) is 0. The highest BCUT2D eigenvalue weighted by molar-refractivity contribution is 7.52. The third-order valence-electron chi connectivity index (χ3n) is 5.47. The van der Waals surface area contributed by atoms with Crippen molar-refractivity contribution in [1.29, 1.82) is 0 Å². The van der Waals surface area contributed by atoms with Gasteiger partial charge in [0.2, 0.25) is 0 Å². The Morgan fingerprint density at radius 3 is 0.729 bits per heavy atom. The highest BCUT2D eigenvalue weighted by atomic mass is 31.2. The molecule has 0 atom stereocenters. The van der Waals surface area contributed by atoms with Crippen LogP contribution in [0.5, 0.6) is 0 Å². The van der Waals surface area contributed by atoms with Crippen LogP contribution in [0.15, 0.2) is 0 Å². The second kappa shape index (κ2) is 35.2. The summed E-state index contributed by atoms with van der Waals surface area (Å²) in [4.78, 5) is 37.1. The monoisotopic (exact) mass is 747 g/mol. The van der Waals surface area contributed by atoms with Gasteiger partial charge in [-0.3, -0.25) is 14.0 Å². The van der Waals surface area contributed by atoms with Crippen LogP contribution in [0.4, 0.5) is 0 Å². The summed E-state index contributed by atoms with van der Waals surface area (Å²) >= 11 is 0. The van der Waals surface area contributed by atoms with Gasteiger partial charge in [-0.1, -0.05) is 0 Å². The Labute approximate surface area is 283 Å². The van der Waals surface area contributed by atoms with E-state index in [0.717, 1.165) is 4.90 Å². The smallest absolute Gasteiger partial charge is 0.339 e. The van der Waals surface area contributed by atoms with E-state index < -0.39 is 27.8 Å². The number of hydrogen-bond acceptors (Lipinski definition) is 15. The van der Waals surface area contributed by atoms with Crippen molar-refractivity contribution in [2.45, 2.75) is 0 Å². The second-order valence-corrected chi connectivity index (χ2v) is 13.0. The predicted molar refractivity (Wildman–Crippen MR) is 171 cm³/mol. The average molecular weight is 748 g/mol. The molecule has 4 N–H and O–H groups in total. The minimum atomic E-state index is -4.46. The fourth-order valence-electron chi connectivity index (χ4n) is 3.34. The van der Waals surface area contributed by atoms with E-state index in [0.29, 0.717) is 132 Å². The zero-order valence-corrected chi connectivity index (χ0v) is 30.0. The summed E-state index contributed by atoms with van der Waals surface area (Å²) in [5.74, 6) is 0. The minimum Gasteiger partial charge on any atom is -0.382 e. The topological polar surface area (TPSA) is 229 Å². The maximum absolute atomic E-state index is 11.1. The van der Waals surface area contributed by atoms with Gasteiger partial charge in [0.15, 0.2) is 0 Å². The van der Waals surface area contributed by atoms with Crippen LogP contribution < -0.4 is 0 Å². The first-order chi connectivity index (χ1) is 23.1. The molecule has 0 aliphatic heterocycles. The van der Waals surface area contributed by atoms with E-state index >= 15 is 0 Å². The molecular weight excluding hydrogens is 688 g/mol. The highest BCUT2D eigenvalue weighted by Crippen LogP contribution is 2.40. The maximum atomic E-state index is 11.1. The lowest BCUT2D eigenvalue weighted by atomic mass is 10.6. The van der Waals surface area contributed by atoms with Crippen LogP contribution in [0.2, 0.25) is 0 Å². The van der Waals surface area contributed by atoms with Crippen LogP contribution in [0, 0.1) is 0 Å². The lowest BCUT2D eigenvalue weighted by molar-refractivity contribution is -0.0281. The molecule has 0 saturated carbocycles. The van der Waals surface area contributed by atoms with E-state index in [1.165, 1.54) is 0 Å². The third kappa shape index (κ3) is 41.9. The molecule has 19 nitrogen and oxygen atoms in total. The molecule has 0 aliphatic rings. The summed E-state index contributed by atoms with van der Waals surface area (Å²) < 4.78 is 86.4. The number of ether oxygens (including phenoxy) is 12. The number of rotatable bonds is 40. The van der Waals surface area contributed by atoms with Gasteiger partial charge in [0.05, 0.1) is 152 Å². The summed E-state index contributed by atoms with van der Waals surface area (Å²) in [6.45, 7) is 9.92. The maximum Gasteiger partial charge on any atom is 0.339 e. The molecular formula is C27H59NO18P2.